The lowest BCUT2D eigenvalue weighted by Crippen LogP contribution is -2.36. The first-order valence-electron chi connectivity index (χ1n) is 6.37. The summed E-state index contributed by atoms with van der Waals surface area (Å²) in [4.78, 5) is 2.19. The normalized spacial score (nSPS) is 23.4. The van der Waals surface area contributed by atoms with Gasteiger partial charge in [-0.15, -0.1) is 0 Å². The summed E-state index contributed by atoms with van der Waals surface area (Å²) >= 11 is 0. The van der Waals surface area contributed by atoms with E-state index in [-0.39, 0.29) is 18.5 Å². The Morgan fingerprint density at radius 2 is 2.28 bits per heavy atom. The van der Waals surface area contributed by atoms with Gasteiger partial charge in [-0.1, -0.05) is 13.0 Å². The SMILES string of the molecule is Cc1ccc(C(=N)N)c(N2CCC(C)C2CO)c1. The van der Waals surface area contributed by atoms with Crippen molar-refractivity contribution in [3.63, 3.8) is 0 Å². The van der Waals surface area contributed by atoms with Gasteiger partial charge in [0.25, 0.3) is 0 Å². The number of nitrogen functional groups attached to an aromatic ring is 1. The fourth-order valence-corrected chi connectivity index (χ4v) is 2.69. The first kappa shape index (κ1) is 12.9. The van der Waals surface area contributed by atoms with E-state index in [1.807, 2.05) is 19.1 Å². The smallest absolute Gasteiger partial charge is 0.124 e. The van der Waals surface area contributed by atoms with E-state index < -0.39 is 0 Å². The second-order valence-corrected chi connectivity index (χ2v) is 5.14. The summed E-state index contributed by atoms with van der Waals surface area (Å²) in [6, 6.07) is 6.04. The van der Waals surface area contributed by atoms with Crippen LogP contribution >= 0.6 is 0 Å². The molecule has 0 saturated carbocycles. The van der Waals surface area contributed by atoms with Crippen LogP contribution in [-0.2, 0) is 0 Å². The van der Waals surface area contributed by atoms with Crippen LogP contribution in [-0.4, -0.2) is 30.1 Å². The summed E-state index contributed by atoms with van der Waals surface area (Å²) in [7, 11) is 0. The van der Waals surface area contributed by atoms with Gasteiger partial charge in [0, 0.05) is 17.8 Å². The van der Waals surface area contributed by atoms with Crippen molar-refractivity contribution < 1.29 is 5.11 Å². The van der Waals surface area contributed by atoms with E-state index in [2.05, 4.69) is 17.9 Å². The molecule has 1 aliphatic rings. The number of aliphatic hydroxyl groups excluding tert-OH is 1. The average molecular weight is 247 g/mol. The molecule has 98 valence electrons. The van der Waals surface area contributed by atoms with Crippen LogP contribution in [0.1, 0.15) is 24.5 Å². The molecular formula is C14H21N3O. The minimum Gasteiger partial charge on any atom is -0.394 e. The molecule has 4 heteroatoms. The van der Waals surface area contributed by atoms with Gasteiger partial charge in [-0.05, 0) is 37.0 Å². The summed E-state index contributed by atoms with van der Waals surface area (Å²) in [5.41, 5.74) is 8.53. The van der Waals surface area contributed by atoms with Crippen LogP contribution < -0.4 is 10.6 Å². The molecule has 2 rings (SSSR count). The second kappa shape index (κ2) is 4.98. The molecular weight excluding hydrogens is 226 g/mol. The maximum absolute atomic E-state index is 9.54. The molecule has 1 heterocycles. The van der Waals surface area contributed by atoms with Crippen LogP contribution in [0, 0.1) is 18.3 Å². The summed E-state index contributed by atoms with van der Waals surface area (Å²) in [6.07, 6.45) is 1.07. The van der Waals surface area contributed by atoms with Crippen LogP contribution in [0.25, 0.3) is 0 Å². The Morgan fingerprint density at radius 1 is 1.56 bits per heavy atom. The number of amidine groups is 1. The number of nitrogens with one attached hydrogen (secondary N) is 1. The van der Waals surface area contributed by atoms with E-state index in [1.54, 1.807) is 0 Å². The van der Waals surface area contributed by atoms with Crippen molar-refractivity contribution in [3.8, 4) is 0 Å². The molecule has 0 bridgehead atoms. The number of anilines is 1. The van der Waals surface area contributed by atoms with Gasteiger partial charge in [0.2, 0.25) is 0 Å². The second-order valence-electron chi connectivity index (χ2n) is 5.14. The number of hydrogen-bond acceptors (Lipinski definition) is 3. The maximum atomic E-state index is 9.54. The Hall–Kier alpha value is -1.55. The van der Waals surface area contributed by atoms with E-state index in [4.69, 9.17) is 11.1 Å². The molecule has 0 spiro atoms. The summed E-state index contributed by atoms with van der Waals surface area (Å²) in [5.74, 6) is 0.552. The highest BCUT2D eigenvalue weighted by Gasteiger charge is 2.32. The zero-order chi connectivity index (χ0) is 13.3. The van der Waals surface area contributed by atoms with Gasteiger partial charge in [-0.2, -0.15) is 0 Å². The fraction of sp³-hybridized carbons (Fsp3) is 0.500. The van der Waals surface area contributed by atoms with Crippen LogP contribution in [0.15, 0.2) is 18.2 Å². The van der Waals surface area contributed by atoms with Gasteiger partial charge in [0.1, 0.15) is 5.84 Å². The van der Waals surface area contributed by atoms with Crippen LogP contribution in [0.2, 0.25) is 0 Å². The zero-order valence-electron chi connectivity index (χ0n) is 11.0. The number of rotatable bonds is 3. The first-order chi connectivity index (χ1) is 8.54. The molecule has 1 aliphatic heterocycles. The van der Waals surface area contributed by atoms with E-state index in [1.165, 1.54) is 0 Å². The third kappa shape index (κ3) is 2.20. The highest BCUT2D eigenvalue weighted by molar-refractivity contribution is 6.00. The predicted molar refractivity (Wildman–Crippen MR) is 74.2 cm³/mol. The van der Waals surface area contributed by atoms with Gasteiger partial charge in [0.05, 0.1) is 12.6 Å². The quantitative estimate of drug-likeness (QED) is 0.559. The Kier molecular flexibility index (Phi) is 3.57. The lowest BCUT2D eigenvalue weighted by atomic mass is 10.0. The fourth-order valence-electron chi connectivity index (χ4n) is 2.69. The van der Waals surface area contributed by atoms with Crippen LogP contribution in [0.5, 0.6) is 0 Å². The van der Waals surface area contributed by atoms with Crippen molar-refractivity contribution in [2.75, 3.05) is 18.1 Å². The number of nitrogens with two attached hydrogens (primary N) is 1. The summed E-state index contributed by atoms with van der Waals surface area (Å²) in [5, 5.41) is 17.2. The standard InChI is InChI=1S/C14H21N3O/c1-9-3-4-11(14(15)16)12(7-9)17-6-5-10(2)13(17)8-18/h3-4,7,10,13,18H,5-6,8H2,1-2H3,(H3,15,16). The molecule has 1 saturated heterocycles. The van der Waals surface area contributed by atoms with Gasteiger partial charge in [0.15, 0.2) is 0 Å². The largest absolute Gasteiger partial charge is 0.394 e. The average Bonchev–Trinajstić information content (AvgIpc) is 2.69. The molecule has 18 heavy (non-hydrogen) atoms. The van der Waals surface area contributed by atoms with Gasteiger partial charge in [-0.3, -0.25) is 5.41 Å². The number of hydrogen-bond donors (Lipinski definition) is 3. The molecule has 1 fully saturated rings. The monoisotopic (exact) mass is 247 g/mol. The van der Waals surface area contributed by atoms with E-state index >= 15 is 0 Å². The molecule has 4 nitrogen and oxygen atoms in total. The molecule has 4 N–H and O–H groups in total. The van der Waals surface area contributed by atoms with Crippen LogP contribution in [0.4, 0.5) is 5.69 Å². The molecule has 0 amide bonds. The zero-order valence-corrected chi connectivity index (χ0v) is 11.0. The van der Waals surface area contributed by atoms with Crippen molar-refractivity contribution in [2.24, 2.45) is 11.7 Å². The van der Waals surface area contributed by atoms with Crippen molar-refractivity contribution in [2.45, 2.75) is 26.3 Å². The van der Waals surface area contributed by atoms with Crippen LogP contribution in [0.3, 0.4) is 0 Å². The summed E-state index contributed by atoms with van der Waals surface area (Å²) in [6.45, 7) is 5.24. The highest BCUT2D eigenvalue weighted by atomic mass is 16.3. The van der Waals surface area contributed by atoms with Crippen molar-refractivity contribution in [1.29, 1.82) is 5.41 Å². The minimum absolute atomic E-state index is 0.0845. The Morgan fingerprint density at radius 3 is 2.89 bits per heavy atom. The third-order valence-corrected chi connectivity index (χ3v) is 3.82. The predicted octanol–water partition coefficient (Wildman–Crippen LogP) is 1.49. The Balaban J connectivity index is 2.43. The number of nitrogens with zero attached hydrogens (tertiary/aromatic N) is 1. The lowest BCUT2D eigenvalue weighted by molar-refractivity contribution is 0.244. The number of aryl methyl sites for hydroxylation is 1. The van der Waals surface area contributed by atoms with Crippen molar-refractivity contribution in [1.82, 2.24) is 0 Å². The van der Waals surface area contributed by atoms with E-state index in [0.717, 1.165) is 29.8 Å². The minimum atomic E-state index is 0.0845. The topological polar surface area (TPSA) is 73.3 Å². The summed E-state index contributed by atoms with van der Waals surface area (Å²) < 4.78 is 0. The molecule has 1 aromatic rings. The molecule has 0 aliphatic carbocycles. The van der Waals surface area contributed by atoms with Gasteiger partial charge >= 0.3 is 0 Å². The van der Waals surface area contributed by atoms with Crippen molar-refractivity contribution >= 4 is 11.5 Å². The maximum Gasteiger partial charge on any atom is 0.124 e. The van der Waals surface area contributed by atoms with E-state index in [0.29, 0.717) is 5.92 Å². The van der Waals surface area contributed by atoms with E-state index in [9.17, 15) is 5.11 Å². The van der Waals surface area contributed by atoms with Gasteiger partial charge in [-0.25, -0.2) is 0 Å². The molecule has 0 aromatic heterocycles. The lowest BCUT2D eigenvalue weighted by Gasteiger charge is -2.29. The number of benzene rings is 1. The van der Waals surface area contributed by atoms with Crippen molar-refractivity contribution in [3.05, 3.63) is 29.3 Å². The Bertz CT molecular complexity index is 458. The molecule has 2 atom stereocenters. The number of aliphatic hydroxyl groups is 1. The molecule has 0 radical (unpaired) electrons. The first-order valence-corrected chi connectivity index (χ1v) is 6.37. The highest BCUT2D eigenvalue weighted by Crippen LogP contribution is 2.32. The molecule has 1 aromatic carbocycles. The molecule has 2 unspecified atom stereocenters. The van der Waals surface area contributed by atoms with Gasteiger partial charge < -0.3 is 15.7 Å². The Labute approximate surface area is 108 Å². The third-order valence-electron chi connectivity index (χ3n) is 3.82.